The molecular weight excluding hydrogens is 773 g/mol. The van der Waals surface area contributed by atoms with Gasteiger partial charge in [-0.2, -0.15) is 4.99 Å². The van der Waals surface area contributed by atoms with Gasteiger partial charge in [0.05, 0.1) is 19.3 Å². The van der Waals surface area contributed by atoms with Crippen molar-refractivity contribution in [3.05, 3.63) is 65.0 Å². The molecule has 4 aliphatic rings. The van der Waals surface area contributed by atoms with Gasteiger partial charge in [-0.3, -0.25) is 33.9 Å². The molecular formula is C41H48N12O7. The normalized spacial score (nSPS) is 18.3. The van der Waals surface area contributed by atoms with Gasteiger partial charge in [0.1, 0.15) is 17.4 Å². The molecule has 4 aliphatic heterocycles. The second-order valence-electron chi connectivity index (χ2n) is 15.2. The Morgan fingerprint density at radius 2 is 1.75 bits per heavy atom. The average Bonchev–Trinajstić information content (AvgIpc) is 3.88. The van der Waals surface area contributed by atoms with E-state index in [0.717, 1.165) is 69.7 Å². The largest absolute Gasteiger partial charge is 0.491 e. The molecule has 6 heterocycles. The van der Waals surface area contributed by atoms with E-state index in [2.05, 4.69) is 40.7 Å². The van der Waals surface area contributed by atoms with Crippen LogP contribution in [0, 0.1) is 0 Å². The van der Waals surface area contributed by atoms with Crippen molar-refractivity contribution in [2.45, 2.75) is 57.7 Å². The van der Waals surface area contributed by atoms with Crippen LogP contribution in [0.4, 0.5) is 17.5 Å². The Kier molecular flexibility index (Phi) is 12.0. The van der Waals surface area contributed by atoms with E-state index in [1.165, 1.54) is 17.3 Å². The molecule has 0 bridgehead atoms. The van der Waals surface area contributed by atoms with E-state index in [0.29, 0.717) is 59.9 Å². The van der Waals surface area contributed by atoms with E-state index in [-0.39, 0.29) is 54.2 Å². The van der Waals surface area contributed by atoms with Gasteiger partial charge in [-0.1, -0.05) is 6.07 Å². The van der Waals surface area contributed by atoms with Gasteiger partial charge in [0.15, 0.2) is 11.5 Å². The monoisotopic (exact) mass is 820 g/mol. The Hall–Kier alpha value is -6.47. The van der Waals surface area contributed by atoms with Crippen LogP contribution in [0.3, 0.4) is 0 Å². The smallest absolute Gasteiger partial charge is 0.283 e. The van der Waals surface area contributed by atoms with Gasteiger partial charge < -0.3 is 40.5 Å². The zero-order valence-corrected chi connectivity index (χ0v) is 33.4. The number of carbonyl (C=O) groups is 5. The van der Waals surface area contributed by atoms with Crippen molar-refractivity contribution in [2.75, 3.05) is 75.9 Å². The lowest BCUT2D eigenvalue weighted by molar-refractivity contribution is -0.137. The number of unbranched alkanes of at least 4 members (excludes halogenated alkanes) is 1. The number of amides is 5. The number of benzene rings is 2. The summed E-state index contributed by atoms with van der Waals surface area (Å²) in [5.74, 6) is 0.177. The number of aromatic nitrogens is 4. The van der Waals surface area contributed by atoms with Crippen molar-refractivity contribution >= 4 is 57.9 Å². The van der Waals surface area contributed by atoms with Crippen molar-refractivity contribution in [1.29, 1.82) is 0 Å². The lowest BCUT2D eigenvalue weighted by Gasteiger charge is -2.34. The molecule has 5 amide bonds. The quantitative estimate of drug-likeness (QED) is 0.105. The number of hydrogen-bond acceptors (Lipinski definition) is 14. The van der Waals surface area contributed by atoms with Crippen molar-refractivity contribution in [3.63, 3.8) is 0 Å². The summed E-state index contributed by atoms with van der Waals surface area (Å²) in [7, 11) is 1.57. The first-order chi connectivity index (χ1) is 29.2. The first-order valence-electron chi connectivity index (χ1n) is 20.3. The lowest BCUT2D eigenvalue weighted by Crippen LogP contribution is -2.52. The number of nitrogens with zero attached hydrogens (tertiary/aromatic N) is 8. The second-order valence-corrected chi connectivity index (χ2v) is 15.2. The zero-order chi connectivity index (χ0) is 41.8. The first-order valence-corrected chi connectivity index (χ1v) is 20.3. The molecule has 1 atom stereocenters. The molecule has 5 N–H and O–H groups in total. The van der Waals surface area contributed by atoms with Crippen LogP contribution >= 0.6 is 0 Å². The van der Waals surface area contributed by atoms with Gasteiger partial charge in [-0.25, -0.2) is 15.0 Å². The molecule has 0 radical (unpaired) electrons. The van der Waals surface area contributed by atoms with Gasteiger partial charge in [-0.15, -0.1) is 0 Å². The summed E-state index contributed by atoms with van der Waals surface area (Å²) in [6.45, 7) is 7.52. The Morgan fingerprint density at radius 3 is 2.50 bits per heavy atom. The fraction of sp³-hybridized carbons (Fsp3) is 0.439. The Balaban J connectivity index is 0.768. The summed E-state index contributed by atoms with van der Waals surface area (Å²) in [4.78, 5) is 86.3. The van der Waals surface area contributed by atoms with E-state index in [4.69, 9.17) is 20.2 Å². The summed E-state index contributed by atoms with van der Waals surface area (Å²) >= 11 is 0. The molecule has 8 rings (SSSR count). The van der Waals surface area contributed by atoms with Crippen molar-refractivity contribution < 1.29 is 33.4 Å². The number of nitrogens with two attached hydrogens (primary N) is 1. The fourth-order valence-corrected chi connectivity index (χ4v) is 8.19. The van der Waals surface area contributed by atoms with Crippen LogP contribution < -0.4 is 36.8 Å². The van der Waals surface area contributed by atoms with Gasteiger partial charge in [0.25, 0.3) is 11.8 Å². The molecule has 0 aliphatic carbocycles. The molecule has 19 nitrogen and oxygen atoms in total. The van der Waals surface area contributed by atoms with E-state index in [1.54, 1.807) is 25.3 Å². The van der Waals surface area contributed by atoms with E-state index < -0.39 is 17.9 Å². The minimum absolute atomic E-state index is 0.0683. The number of ether oxygens (including phenoxy) is 2. The number of nitrogen functional groups attached to an aromatic ring is 1. The number of methoxy groups -OCH3 is 1. The van der Waals surface area contributed by atoms with Gasteiger partial charge in [0.2, 0.25) is 29.3 Å². The third kappa shape index (κ3) is 8.62. The maximum absolute atomic E-state index is 13.1. The molecule has 0 spiro atoms. The number of hydrogen-bond donors (Lipinski definition) is 4. The lowest BCUT2D eigenvalue weighted by atomic mass is 10.0. The molecule has 60 heavy (non-hydrogen) atoms. The number of rotatable bonds is 14. The highest BCUT2D eigenvalue weighted by atomic mass is 16.5. The summed E-state index contributed by atoms with van der Waals surface area (Å²) in [6.07, 6.45) is 5.95. The molecule has 19 heteroatoms. The van der Waals surface area contributed by atoms with Crippen molar-refractivity contribution in [2.24, 2.45) is 4.99 Å². The zero-order valence-electron chi connectivity index (χ0n) is 33.4. The first kappa shape index (κ1) is 40.3. The number of piperidine rings is 1. The van der Waals surface area contributed by atoms with Crippen LogP contribution in [0.2, 0.25) is 0 Å². The van der Waals surface area contributed by atoms with Crippen LogP contribution in [-0.4, -0.2) is 129 Å². The second kappa shape index (κ2) is 17.8. The predicted molar refractivity (Wildman–Crippen MR) is 219 cm³/mol. The number of piperazine rings is 1. The Morgan fingerprint density at radius 1 is 0.983 bits per heavy atom. The molecule has 2 aromatic heterocycles. The van der Waals surface area contributed by atoms with Gasteiger partial charge in [0, 0.05) is 99.8 Å². The molecule has 0 saturated carbocycles. The standard InChI is InChI=1S/C41H48N12O7/c1-59-35-31(11-9-27-34(35)48-41(52-16-13-43-36(27)52)49-37(56)25-22-44-40(42)45-23-25)60-21-5-15-51-19-17-50(18-20-51)14-3-2-8-32(54)46-29-7-4-6-26-28(29)24-53(39(26)58)30-10-12-33(55)47-38(30)57/h4,6-7,9,11,22-23,30,43H,2-3,5,8,10,12-21,24H2,1H3,(H,46,54)(H2,42,44,45)(H,47,55,57). The molecule has 4 aromatic rings. The van der Waals surface area contributed by atoms with Gasteiger partial charge in [-0.05, 0) is 56.5 Å². The predicted octanol–water partition coefficient (Wildman–Crippen LogP) is 1.54. The third-order valence-corrected chi connectivity index (χ3v) is 11.4. The number of nitrogens with one attached hydrogen (secondary N) is 3. The van der Waals surface area contributed by atoms with Crippen LogP contribution in [-0.2, 0) is 27.5 Å². The minimum atomic E-state index is -0.706. The topological polar surface area (TPSA) is 232 Å². The number of carbonyl (C=O) groups excluding carboxylic acids is 5. The third-order valence-electron chi connectivity index (χ3n) is 11.4. The van der Waals surface area contributed by atoms with Crippen LogP contribution in [0.15, 0.2) is 47.7 Å². The Labute approximate surface area is 345 Å². The molecule has 314 valence electrons. The molecule has 1 unspecified atom stereocenters. The van der Waals surface area contributed by atoms with E-state index >= 15 is 0 Å². The summed E-state index contributed by atoms with van der Waals surface area (Å²) in [5, 5.41) is 9.51. The van der Waals surface area contributed by atoms with Gasteiger partial charge >= 0.3 is 0 Å². The maximum atomic E-state index is 13.1. The highest BCUT2D eigenvalue weighted by Gasteiger charge is 2.40. The van der Waals surface area contributed by atoms with E-state index in [9.17, 15) is 24.0 Å². The van der Waals surface area contributed by atoms with Crippen LogP contribution in [0.5, 0.6) is 11.5 Å². The highest BCUT2D eigenvalue weighted by Crippen LogP contribution is 2.37. The minimum Gasteiger partial charge on any atom is -0.491 e. The number of fused-ring (bicyclic) bond motifs is 4. The summed E-state index contributed by atoms with van der Waals surface area (Å²) < 4.78 is 13.9. The highest BCUT2D eigenvalue weighted by molar-refractivity contribution is 6.07. The number of anilines is 3. The Bertz CT molecular complexity index is 2390. The molecule has 2 fully saturated rings. The fourth-order valence-electron chi connectivity index (χ4n) is 8.19. The number of imide groups is 1. The summed E-state index contributed by atoms with van der Waals surface area (Å²) in [5.41, 5.74) is 8.29. The summed E-state index contributed by atoms with van der Waals surface area (Å²) in [6, 6.07) is 8.33. The van der Waals surface area contributed by atoms with Crippen LogP contribution in [0.1, 0.15) is 64.8 Å². The molecule has 2 aromatic carbocycles. The molecule has 2 saturated heterocycles. The SMILES string of the molecule is COc1c(OCCCN2CCN(CCCCC(=O)Nc3cccc4c3CN(C3CCC(=O)NC3=O)C4=O)CC2)ccc2c3n(c(=NC(=O)c4cnc(N)nc4)nc12)CCN3. The van der Waals surface area contributed by atoms with Crippen LogP contribution in [0.25, 0.3) is 10.9 Å². The maximum Gasteiger partial charge on any atom is 0.283 e. The average molecular weight is 821 g/mol. The van der Waals surface area contributed by atoms with Crippen molar-refractivity contribution in [1.82, 2.24) is 39.5 Å². The van der Waals surface area contributed by atoms with E-state index in [1.807, 2.05) is 16.7 Å². The van der Waals surface area contributed by atoms with Crippen molar-refractivity contribution in [3.8, 4) is 11.5 Å².